The number of nitrogens with zero attached hydrogens (tertiary/aromatic N) is 3. The topological polar surface area (TPSA) is 59.2 Å². The molecule has 88 valence electrons. The van der Waals surface area contributed by atoms with Crippen LogP contribution in [0, 0.1) is 0 Å². The zero-order valence-corrected chi connectivity index (χ0v) is 9.93. The maximum absolute atomic E-state index is 11.3. The lowest BCUT2D eigenvalue weighted by molar-refractivity contribution is -0.135. The number of rotatable bonds is 3. The van der Waals surface area contributed by atoms with Crippen molar-refractivity contribution in [1.29, 1.82) is 0 Å². The summed E-state index contributed by atoms with van der Waals surface area (Å²) in [5.74, 6) is 2.13. The standard InChI is InChI=1S/C11H17N3O2/c1-4-9(15)14-5-8(6-14)11-12-10(7(2)3)13-16-11/h7-8H,4-6H2,1-3H3. The second-order valence-electron chi connectivity index (χ2n) is 4.49. The van der Waals surface area contributed by atoms with E-state index < -0.39 is 0 Å². The molecule has 1 amide bonds. The van der Waals surface area contributed by atoms with Gasteiger partial charge in [-0.1, -0.05) is 25.9 Å². The van der Waals surface area contributed by atoms with E-state index in [1.54, 1.807) is 0 Å². The van der Waals surface area contributed by atoms with Gasteiger partial charge in [0, 0.05) is 25.4 Å². The highest BCUT2D eigenvalue weighted by atomic mass is 16.5. The van der Waals surface area contributed by atoms with Crippen molar-refractivity contribution in [3.8, 4) is 0 Å². The van der Waals surface area contributed by atoms with Crippen LogP contribution in [0.15, 0.2) is 4.52 Å². The van der Waals surface area contributed by atoms with E-state index in [9.17, 15) is 4.79 Å². The molecule has 0 radical (unpaired) electrons. The second kappa shape index (κ2) is 4.23. The summed E-state index contributed by atoms with van der Waals surface area (Å²) in [4.78, 5) is 17.5. The highest BCUT2D eigenvalue weighted by molar-refractivity contribution is 5.76. The van der Waals surface area contributed by atoms with Crippen molar-refractivity contribution in [1.82, 2.24) is 15.0 Å². The van der Waals surface area contributed by atoms with Crippen LogP contribution in [-0.2, 0) is 4.79 Å². The van der Waals surface area contributed by atoms with Crippen LogP contribution in [0.2, 0.25) is 0 Å². The Morgan fingerprint density at radius 3 is 2.75 bits per heavy atom. The third-order valence-corrected chi connectivity index (χ3v) is 2.86. The Bertz CT molecular complexity index is 380. The number of amides is 1. The number of likely N-dealkylation sites (tertiary alicyclic amines) is 1. The van der Waals surface area contributed by atoms with Crippen LogP contribution in [0.4, 0.5) is 0 Å². The smallest absolute Gasteiger partial charge is 0.233 e. The van der Waals surface area contributed by atoms with Crippen molar-refractivity contribution in [2.45, 2.75) is 39.0 Å². The average Bonchev–Trinajstić information content (AvgIpc) is 2.64. The minimum absolute atomic E-state index is 0.194. The molecular formula is C11H17N3O2. The summed E-state index contributed by atoms with van der Waals surface area (Å²) in [6.45, 7) is 7.36. The third kappa shape index (κ3) is 1.94. The first-order valence-corrected chi connectivity index (χ1v) is 5.73. The van der Waals surface area contributed by atoms with Crippen molar-refractivity contribution >= 4 is 5.91 Å². The van der Waals surface area contributed by atoms with Crippen LogP contribution in [0.1, 0.15) is 50.7 Å². The Kier molecular flexibility index (Phi) is 2.94. The minimum Gasteiger partial charge on any atom is -0.341 e. The van der Waals surface area contributed by atoms with Gasteiger partial charge in [-0.2, -0.15) is 4.98 Å². The molecule has 2 heterocycles. The second-order valence-corrected chi connectivity index (χ2v) is 4.49. The quantitative estimate of drug-likeness (QED) is 0.779. The fourth-order valence-electron chi connectivity index (χ4n) is 1.71. The van der Waals surface area contributed by atoms with Gasteiger partial charge in [-0.15, -0.1) is 0 Å². The summed E-state index contributed by atoms with van der Waals surface area (Å²) in [6, 6.07) is 0. The predicted molar refractivity (Wildman–Crippen MR) is 58.0 cm³/mol. The zero-order valence-electron chi connectivity index (χ0n) is 9.93. The average molecular weight is 223 g/mol. The lowest BCUT2D eigenvalue weighted by atomic mass is 10.00. The molecule has 16 heavy (non-hydrogen) atoms. The highest BCUT2D eigenvalue weighted by Crippen LogP contribution is 2.26. The zero-order chi connectivity index (χ0) is 11.7. The molecule has 2 rings (SSSR count). The third-order valence-electron chi connectivity index (χ3n) is 2.86. The SMILES string of the molecule is CCC(=O)N1CC(c2nc(C(C)C)no2)C1. The first kappa shape index (κ1) is 11.1. The van der Waals surface area contributed by atoms with Crippen LogP contribution < -0.4 is 0 Å². The molecule has 1 aliphatic heterocycles. The molecule has 1 aliphatic rings. The molecule has 0 atom stereocenters. The number of aromatic nitrogens is 2. The fraction of sp³-hybridized carbons (Fsp3) is 0.727. The van der Waals surface area contributed by atoms with E-state index in [4.69, 9.17) is 4.52 Å². The van der Waals surface area contributed by atoms with Gasteiger partial charge in [-0.05, 0) is 0 Å². The van der Waals surface area contributed by atoms with Gasteiger partial charge in [-0.25, -0.2) is 0 Å². The molecule has 1 fully saturated rings. The Balaban J connectivity index is 1.93. The van der Waals surface area contributed by atoms with Crippen LogP contribution in [-0.4, -0.2) is 34.0 Å². The Morgan fingerprint density at radius 2 is 2.25 bits per heavy atom. The molecule has 1 aromatic heterocycles. The summed E-state index contributed by atoms with van der Waals surface area (Å²) in [7, 11) is 0. The van der Waals surface area contributed by atoms with E-state index in [-0.39, 0.29) is 17.7 Å². The molecule has 0 spiro atoms. The first-order valence-electron chi connectivity index (χ1n) is 5.73. The van der Waals surface area contributed by atoms with E-state index >= 15 is 0 Å². The Morgan fingerprint density at radius 1 is 1.56 bits per heavy atom. The molecule has 0 N–H and O–H groups in total. The Labute approximate surface area is 94.8 Å². The molecule has 1 saturated heterocycles. The van der Waals surface area contributed by atoms with Crippen LogP contribution in [0.3, 0.4) is 0 Å². The van der Waals surface area contributed by atoms with E-state index in [0.717, 1.165) is 5.82 Å². The van der Waals surface area contributed by atoms with Gasteiger partial charge in [0.1, 0.15) is 0 Å². The van der Waals surface area contributed by atoms with Gasteiger partial charge >= 0.3 is 0 Å². The fourth-order valence-corrected chi connectivity index (χ4v) is 1.71. The predicted octanol–water partition coefficient (Wildman–Crippen LogP) is 1.53. The van der Waals surface area contributed by atoms with Gasteiger partial charge < -0.3 is 9.42 Å². The van der Waals surface area contributed by atoms with E-state index in [1.165, 1.54) is 0 Å². The molecule has 0 unspecified atom stereocenters. The number of carbonyl (C=O) groups is 1. The van der Waals surface area contributed by atoms with Gasteiger partial charge in [0.05, 0.1) is 5.92 Å². The van der Waals surface area contributed by atoms with Crippen LogP contribution >= 0.6 is 0 Å². The molecule has 0 saturated carbocycles. The van der Waals surface area contributed by atoms with Crippen LogP contribution in [0.5, 0.6) is 0 Å². The molecule has 1 aromatic rings. The summed E-state index contributed by atoms with van der Waals surface area (Å²) in [6.07, 6.45) is 0.563. The lowest BCUT2D eigenvalue weighted by Crippen LogP contribution is -2.48. The molecular weight excluding hydrogens is 206 g/mol. The molecule has 5 nitrogen and oxygen atoms in total. The normalized spacial score (nSPS) is 16.6. The van der Waals surface area contributed by atoms with Crippen molar-refractivity contribution in [3.63, 3.8) is 0 Å². The monoisotopic (exact) mass is 223 g/mol. The number of hydrogen-bond acceptors (Lipinski definition) is 4. The highest BCUT2D eigenvalue weighted by Gasteiger charge is 2.34. The Hall–Kier alpha value is -1.39. The summed E-state index contributed by atoms with van der Waals surface area (Å²) >= 11 is 0. The summed E-state index contributed by atoms with van der Waals surface area (Å²) in [5, 5.41) is 3.92. The van der Waals surface area contributed by atoms with Crippen molar-refractivity contribution < 1.29 is 9.32 Å². The maximum atomic E-state index is 11.3. The van der Waals surface area contributed by atoms with Gasteiger partial charge in [-0.3, -0.25) is 4.79 Å². The number of hydrogen-bond donors (Lipinski definition) is 0. The summed E-state index contributed by atoms with van der Waals surface area (Å²) in [5.41, 5.74) is 0. The van der Waals surface area contributed by atoms with E-state index in [0.29, 0.717) is 25.4 Å². The lowest BCUT2D eigenvalue weighted by Gasteiger charge is -2.36. The van der Waals surface area contributed by atoms with Gasteiger partial charge in [0.25, 0.3) is 0 Å². The van der Waals surface area contributed by atoms with Crippen molar-refractivity contribution in [3.05, 3.63) is 11.7 Å². The van der Waals surface area contributed by atoms with Crippen molar-refractivity contribution in [2.24, 2.45) is 0 Å². The first-order chi connectivity index (χ1) is 7.61. The molecule has 0 aliphatic carbocycles. The largest absolute Gasteiger partial charge is 0.341 e. The minimum atomic E-state index is 0.194. The molecule has 5 heteroatoms. The van der Waals surface area contributed by atoms with E-state index in [2.05, 4.69) is 10.1 Å². The van der Waals surface area contributed by atoms with Crippen LogP contribution in [0.25, 0.3) is 0 Å². The van der Waals surface area contributed by atoms with Gasteiger partial charge in [0.15, 0.2) is 5.82 Å². The number of carbonyl (C=O) groups excluding carboxylic acids is 1. The molecule has 0 aromatic carbocycles. The van der Waals surface area contributed by atoms with Crippen molar-refractivity contribution in [2.75, 3.05) is 13.1 Å². The van der Waals surface area contributed by atoms with Gasteiger partial charge in [0.2, 0.25) is 11.8 Å². The summed E-state index contributed by atoms with van der Waals surface area (Å²) < 4.78 is 5.19. The van der Waals surface area contributed by atoms with E-state index in [1.807, 2.05) is 25.7 Å². The molecule has 0 bridgehead atoms. The maximum Gasteiger partial charge on any atom is 0.233 e.